The van der Waals surface area contributed by atoms with Crippen LogP contribution in [0.15, 0.2) is 12.4 Å². The van der Waals surface area contributed by atoms with Crippen molar-refractivity contribution >= 4 is 11.6 Å². The van der Waals surface area contributed by atoms with Crippen molar-refractivity contribution in [2.75, 3.05) is 19.0 Å². The summed E-state index contributed by atoms with van der Waals surface area (Å²) in [6.45, 7) is 6.41. The van der Waals surface area contributed by atoms with Crippen molar-refractivity contribution < 1.29 is 9.53 Å². The van der Waals surface area contributed by atoms with Gasteiger partial charge in [0.05, 0.1) is 30.6 Å². The van der Waals surface area contributed by atoms with Gasteiger partial charge in [-0.3, -0.25) is 4.79 Å². The molecule has 0 saturated heterocycles. The Morgan fingerprint density at radius 2 is 2.00 bits per heavy atom. The van der Waals surface area contributed by atoms with E-state index in [0.717, 1.165) is 5.82 Å². The fraction of sp³-hybridized carbons (Fsp3) is 0.615. The van der Waals surface area contributed by atoms with Crippen LogP contribution < -0.4 is 11.1 Å². The minimum Gasteiger partial charge on any atom is -0.380 e. The number of hydrogen-bond donors (Lipinski definition) is 2. The van der Waals surface area contributed by atoms with Gasteiger partial charge in [-0.15, -0.1) is 0 Å². The van der Waals surface area contributed by atoms with E-state index in [1.807, 2.05) is 20.8 Å². The van der Waals surface area contributed by atoms with E-state index >= 15 is 0 Å². The fourth-order valence-electron chi connectivity index (χ4n) is 1.46. The molecule has 6 nitrogen and oxygen atoms in total. The van der Waals surface area contributed by atoms with E-state index in [-0.39, 0.29) is 23.8 Å². The maximum atomic E-state index is 11.7. The smallest absolute Gasteiger partial charge is 0.227 e. The van der Waals surface area contributed by atoms with Crippen molar-refractivity contribution in [2.24, 2.45) is 5.73 Å². The number of aromatic nitrogens is 2. The Labute approximate surface area is 113 Å². The molecule has 1 aromatic heterocycles. The van der Waals surface area contributed by atoms with Crippen LogP contribution in [0.4, 0.5) is 5.69 Å². The summed E-state index contributed by atoms with van der Waals surface area (Å²) >= 11 is 0. The first-order chi connectivity index (χ1) is 8.86. The molecule has 1 heterocycles. The van der Waals surface area contributed by atoms with Gasteiger partial charge in [0, 0.05) is 19.1 Å². The molecule has 1 unspecified atom stereocenters. The lowest BCUT2D eigenvalue weighted by atomic mass is 9.96. The number of amides is 1. The van der Waals surface area contributed by atoms with Gasteiger partial charge in [-0.05, 0) is 0 Å². The topological polar surface area (TPSA) is 90.1 Å². The molecule has 1 amide bonds. The van der Waals surface area contributed by atoms with Crippen molar-refractivity contribution in [3.8, 4) is 0 Å². The molecule has 0 spiro atoms. The number of nitrogens with zero attached hydrogens (tertiary/aromatic N) is 2. The van der Waals surface area contributed by atoms with E-state index in [1.165, 1.54) is 7.11 Å². The lowest BCUT2D eigenvalue weighted by Crippen LogP contribution is -2.28. The second kappa shape index (κ2) is 6.58. The fourth-order valence-corrected chi connectivity index (χ4v) is 1.46. The van der Waals surface area contributed by atoms with Gasteiger partial charge < -0.3 is 15.8 Å². The van der Waals surface area contributed by atoms with Crippen LogP contribution in [0.3, 0.4) is 0 Å². The first-order valence-electron chi connectivity index (χ1n) is 6.22. The molecule has 1 rings (SSSR count). The molecule has 0 fully saturated rings. The Balaban J connectivity index is 2.61. The average molecular weight is 266 g/mol. The molecule has 1 aromatic rings. The quantitative estimate of drug-likeness (QED) is 0.832. The molecule has 6 heteroatoms. The number of carbonyl (C=O) groups excluding carboxylic acids is 1. The van der Waals surface area contributed by atoms with E-state index in [9.17, 15) is 4.79 Å². The number of nitrogens with two attached hydrogens (primary N) is 1. The summed E-state index contributed by atoms with van der Waals surface area (Å²) in [5.74, 6) is 0.576. The van der Waals surface area contributed by atoms with Gasteiger partial charge in [0.2, 0.25) is 5.91 Å². The maximum absolute atomic E-state index is 11.7. The summed E-state index contributed by atoms with van der Waals surface area (Å²) in [6.07, 6.45) is 3.16. The van der Waals surface area contributed by atoms with Crippen LogP contribution in [-0.4, -0.2) is 35.6 Å². The van der Waals surface area contributed by atoms with Crippen LogP contribution in [-0.2, 0) is 14.9 Å². The van der Waals surface area contributed by atoms with Crippen molar-refractivity contribution in [1.29, 1.82) is 0 Å². The predicted octanol–water partition coefficient (Wildman–Crippen LogP) is 1.08. The maximum Gasteiger partial charge on any atom is 0.227 e. The minimum absolute atomic E-state index is 0.108. The van der Waals surface area contributed by atoms with Crippen molar-refractivity contribution in [3.63, 3.8) is 0 Å². The van der Waals surface area contributed by atoms with Crippen molar-refractivity contribution in [1.82, 2.24) is 9.97 Å². The average Bonchev–Trinajstić information content (AvgIpc) is 2.35. The van der Waals surface area contributed by atoms with Crippen molar-refractivity contribution in [3.05, 3.63) is 18.2 Å². The lowest BCUT2D eigenvalue weighted by Gasteiger charge is -2.16. The van der Waals surface area contributed by atoms with Gasteiger partial charge in [0.1, 0.15) is 5.82 Å². The second-order valence-electron chi connectivity index (χ2n) is 5.39. The monoisotopic (exact) mass is 266 g/mol. The zero-order valence-corrected chi connectivity index (χ0v) is 11.9. The normalized spacial score (nSPS) is 13.1. The molecule has 0 radical (unpaired) electrons. The molecule has 0 aromatic carbocycles. The van der Waals surface area contributed by atoms with Crippen LogP contribution >= 0.6 is 0 Å². The standard InChI is InChI=1S/C13H22N4O2/c1-13(2,3)12-15-7-9(8-16-12)17-11(18)5-10(6-14)19-4/h7-8,10H,5-6,14H2,1-4H3,(H,17,18). The molecule has 106 valence electrons. The Kier molecular flexibility index (Phi) is 5.38. The Hall–Kier alpha value is -1.53. The van der Waals surface area contributed by atoms with Crippen LogP contribution in [0.5, 0.6) is 0 Å². The Morgan fingerprint density at radius 3 is 2.42 bits per heavy atom. The van der Waals surface area contributed by atoms with E-state index in [2.05, 4.69) is 15.3 Å². The van der Waals surface area contributed by atoms with Gasteiger partial charge in [-0.25, -0.2) is 9.97 Å². The van der Waals surface area contributed by atoms with Crippen LogP contribution in [0.25, 0.3) is 0 Å². The van der Waals surface area contributed by atoms with E-state index < -0.39 is 0 Å². The molecule has 19 heavy (non-hydrogen) atoms. The lowest BCUT2D eigenvalue weighted by molar-refractivity contribution is -0.118. The SMILES string of the molecule is COC(CN)CC(=O)Nc1cnc(C(C)(C)C)nc1. The minimum atomic E-state index is -0.269. The third kappa shape index (κ3) is 4.92. The molecule has 0 saturated carbocycles. The third-order valence-electron chi connectivity index (χ3n) is 2.62. The van der Waals surface area contributed by atoms with Gasteiger partial charge >= 0.3 is 0 Å². The highest BCUT2D eigenvalue weighted by molar-refractivity contribution is 5.90. The molecule has 0 aliphatic rings. The zero-order valence-electron chi connectivity index (χ0n) is 11.9. The Morgan fingerprint density at radius 1 is 1.42 bits per heavy atom. The summed E-state index contributed by atoms with van der Waals surface area (Å²) in [7, 11) is 1.53. The van der Waals surface area contributed by atoms with Gasteiger partial charge in [-0.2, -0.15) is 0 Å². The van der Waals surface area contributed by atoms with Gasteiger partial charge in [0.15, 0.2) is 0 Å². The number of nitrogens with one attached hydrogen (secondary N) is 1. The molecular weight excluding hydrogens is 244 g/mol. The highest BCUT2D eigenvalue weighted by Crippen LogP contribution is 2.18. The summed E-state index contributed by atoms with van der Waals surface area (Å²) in [4.78, 5) is 20.2. The van der Waals surface area contributed by atoms with E-state index in [4.69, 9.17) is 10.5 Å². The van der Waals surface area contributed by atoms with Gasteiger partial charge in [-0.1, -0.05) is 20.8 Å². The number of hydrogen-bond acceptors (Lipinski definition) is 5. The summed E-state index contributed by atoms with van der Waals surface area (Å²) in [5.41, 5.74) is 5.93. The van der Waals surface area contributed by atoms with Gasteiger partial charge in [0.25, 0.3) is 0 Å². The largest absolute Gasteiger partial charge is 0.380 e. The summed E-state index contributed by atoms with van der Waals surface area (Å²) < 4.78 is 5.05. The number of methoxy groups -OCH3 is 1. The van der Waals surface area contributed by atoms with E-state index in [0.29, 0.717) is 12.2 Å². The molecule has 0 aliphatic heterocycles. The molecule has 0 aliphatic carbocycles. The van der Waals surface area contributed by atoms with E-state index in [1.54, 1.807) is 12.4 Å². The Bertz CT molecular complexity index is 408. The molecule has 3 N–H and O–H groups in total. The zero-order chi connectivity index (χ0) is 14.5. The van der Waals surface area contributed by atoms with Crippen LogP contribution in [0.1, 0.15) is 33.0 Å². The molecular formula is C13H22N4O2. The summed E-state index contributed by atoms with van der Waals surface area (Å²) in [6, 6.07) is 0. The van der Waals surface area contributed by atoms with Crippen LogP contribution in [0.2, 0.25) is 0 Å². The summed E-state index contributed by atoms with van der Waals surface area (Å²) in [5, 5.41) is 2.72. The number of ether oxygens (including phenoxy) is 1. The van der Waals surface area contributed by atoms with Crippen molar-refractivity contribution in [2.45, 2.75) is 38.7 Å². The number of carbonyl (C=O) groups is 1. The molecule has 1 atom stereocenters. The molecule has 0 bridgehead atoms. The highest BCUT2D eigenvalue weighted by Gasteiger charge is 2.17. The number of anilines is 1. The number of rotatable bonds is 5. The first-order valence-corrected chi connectivity index (χ1v) is 6.22. The first kappa shape index (κ1) is 15.5. The predicted molar refractivity (Wildman–Crippen MR) is 73.8 cm³/mol. The third-order valence-corrected chi connectivity index (χ3v) is 2.62. The highest BCUT2D eigenvalue weighted by atomic mass is 16.5. The second-order valence-corrected chi connectivity index (χ2v) is 5.39. The van der Waals surface area contributed by atoms with Crippen LogP contribution in [0, 0.1) is 0 Å².